The van der Waals surface area contributed by atoms with Gasteiger partial charge in [-0.1, -0.05) is 192 Å². The number of hydrogen-bond donors (Lipinski definition) is 0. The van der Waals surface area contributed by atoms with Crippen molar-refractivity contribution in [3.63, 3.8) is 0 Å². The number of rotatable bonds is 10. The fourth-order valence-electron chi connectivity index (χ4n) is 7.49. The molecule has 0 aliphatic carbocycles. The molecule has 0 heterocycles. The topological polar surface area (TPSA) is 18.5 Å². The highest BCUT2D eigenvalue weighted by molar-refractivity contribution is 6.98. The summed E-state index contributed by atoms with van der Waals surface area (Å²) in [7, 11) is -5.52. The molecule has 7 aromatic carbocycles. The van der Waals surface area contributed by atoms with Crippen molar-refractivity contribution in [2.75, 3.05) is 0 Å². The SMILES string of the molecule is CC[Si](Oc1c2ccccc2c(O[Si](CC)(c2ccccc2)c2ccccc2)c2cc(C(C)(C)C)ccc12)(c1ccccc1)c1ccccc1. The van der Waals surface area contributed by atoms with E-state index in [1.807, 2.05) is 0 Å². The lowest BCUT2D eigenvalue weighted by Gasteiger charge is -2.36. The molecule has 0 amide bonds. The summed E-state index contributed by atoms with van der Waals surface area (Å²) in [5.41, 5.74) is 1.22. The van der Waals surface area contributed by atoms with E-state index in [9.17, 15) is 0 Å². The zero-order valence-corrected chi connectivity index (χ0v) is 31.8. The van der Waals surface area contributed by atoms with Crippen LogP contribution < -0.4 is 29.6 Å². The average Bonchev–Trinajstić information content (AvgIpc) is 3.17. The second-order valence-corrected chi connectivity index (χ2v) is 21.7. The first-order chi connectivity index (χ1) is 24.3. The van der Waals surface area contributed by atoms with Gasteiger partial charge in [0.05, 0.1) is 0 Å². The first kappa shape index (κ1) is 33.6. The minimum absolute atomic E-state index is 0.0493. The summed E-state index contributed by atoms with van der Waals surface area (Å²) in [5, 5.41) is 9.42. The number of fused-ring (bicyclic) bond motifs is 2. The molecule has 0 aromatic heterocycles. The molecule has 7 aromatic rings. The molecule has 0 unspecified atom stereocenters. The molecule has 0 atom stereocenters. The van der Waals surface area contributed by atoms with E-state index in [2.05, 4.69) is 198 Å². The average molecular weight is 687 g/mol. The van der Waals surface area contributed by atoms with Crippen LogP contribution in [0, 0.1) is 0 Å². The molecule has 0 saturated heterocycles. The molecule has 0 aliphatic rings. The second kappa shape index (κ2) is 13.8. The first-order valence-corrected chi connectivity index (χ1v) is 22.1. The standard InChI is InChI=1S/C46H46O2Si2/c1-6-49(36-22-12-8-13-23-36,37-24-14-9-15-25-37)47-44-40-30-20-21-31-41(40)45(43-34-35(46(3,4)5)32-33-42(43)44)48-50(7-2,38-26-16-10-17-27-38)39-28-18-11-19-29-39/h8-34H,6-7H2,1-5H3. The minimum Gasteiger partial charge on any atom is -0.534 e. The third-order valence-electron chi connectivity index (χ3n) is 10.3. The highest BCUT2D eigenvalue weighted by Crippen LogP contribution is 2.46. The number of hydrogen-bond acceptors (Lipinski definition) is 2. The highest BCUT2D eigenvalue weighted by Gasteiger charge is 2.43. The quantitative estimate of drug-likeness (QED) is 0.105. The fraction of sp³-hybridized carbons (Fsp3) is 0.174. The van der Waals surface area contributed by atoms with Gasteiger partial charge in [-0.05, 0) is 49.9 Å². The van der Waals surface area contributed by atoms with E-state index in [0.29, 0.717) is 0 Å². The predicted molar refractivity (Wildman–Crippen MR) is 218 cm³/mol. The highest BCUT2D eigenvalue weighted by atomic mass is 28.4. The molecule has 250 valence electrons. The van der Waals surface area contributed by atoms with Gasteiger partial charge >= 0.3 is 16.6 Å². The Morgan fingerprint density at radius 2 is 0.720 bits per heavy atom. The van der Waals surface area contributed by atoms with Crippen molar-refractivity contribution < 1.29 is 8.85 Å². The Bertz CT molecular complexity index is 2130. The molecule has 0 aliphatic heterocycles. The van der Waals surface area contributed by atoms with E-state index >= 15 is 0 Å². The van der Waals surface area contributed by atoms with Gasteiger partial charge in [0.15, 0.2) is 0 Å². The molecular weight excluding hydrogens is 641 g/mol. The van der Waals surface area contributed by atoms with E-state index in [4.69, 9.17) is 8.85 Å². The Kier molecular flexibility index (Phi) is 9.25. The van der Waals surface area contributed by atoms with Gasteiger partial charge < -0.3 is 8.85 Å². The molecule has 0 radical (unpaired) electrons. The summed E-state index contributed by atoms with van der Waals surface area (Å²) in [6.07, 6.45) is 0. The van der Waals surface area contributed by atoms with Crippen LogP contribution in [0.2, 0.25) is 12.1 Å². The van der Waals surface area contributed by atoms with Gasteiger partial charge in [-0.2, -0.15) is 0 Å². The predicted octanol–water partition coefficient (Wildman–Crippen LogP) is 9.61. The van der Waals surface area contributed by atoms with Crippen molar-refractivity contribution in [3.8, 4) is 11.5 Å². The zero-order valence-electron chi connectivity index (χ0n) is 29.8. The van der Waals surface area contributed by atoms with Crippen molar-refractivity contribution in [3.05, 3.63) is 169 Å². The Balaban J connectivity index is 1.56. The van der Waals surface area contributed by atoms with Gasteiger partial charge in [0.25, 0.3) is 0 Å². The first-order valence-electron chi connectivity index (χ1n) is 17.9. The van der Waals surface area contributed by atoms with Crippen LogP contribution in [0.1, 0.15) is 40.2 Å². The molecule has 4 heteroatoms. The van der Waals surface area contributed by atoms with Crippen LogP contribution in [0.3, 0.4) is 0 Å². The van der Waals surface area contributed by atoms with Crippen LogP contribution in [0.5, 0.6) is 11.5 Å². The summed E-state index contributed by atoms with van der Waals surface area (Å²) < 4.78 is 15.5. The van der Waals surface area contributed by atoms with Gasteiger partial charge in [-0.3, -0.25) is 0 Å². The Hall–Kier alpha value is -4.91. The maximum Gasteiger partial charge on any atom is 0.314 e. The van der Waals surface area contributed by atoms with Crippen LogP contribution >= 0.6 is 0 Å². The van der Waals surface area contributed by atoms with Gasteiger partial charge in [-0.25, -0.2) is 0 Å². The molecule has 0 spiro atoms. The fourth-order valence-corrected chi connectivity index (χ4v) is 14.6. The molecule has 0 bridgehead atoms. The van der Waals surface area contributed by atoms with Crippen LogP contribution in [-0.2, 0) is 5.41 Å². The normalized spacial score (nSPS) is 12.3. The lowest BCUT2D eigenvalue weighted by molar-refractivity contribution is 0.565. The van der Waals surface area contributed by atoms with E-state index in [1.165, 1.54) is 26.3 Å². The van der Waals surface area contributed by atoms with E-state index < -0.39 is 16.6 Å². The molecule has 50 heavy (non-hydrogen) atoms. The summed E-state index contributed by atoms with van der Waals surface area (Å²) in [4.78, 5) is 0. The largest absolute Gasteiger partial charge is 0.534 e. The molecule has 0 fully saturated rings. The zero-order chi connectivity index (χ0) is 34.8. The van der Waals surface area contributed by atoms with Gasteiger partial charge in [0.1, 0.15) is 11.5 Å². The van der Waals surface area contributed by atoms with E-state index in [1.54, 1.807) is 0 Å². The summed E-state index contributed by atoms with van der Waals surface area (Å²) >= 11 is 0. The Labute approximate surface area is 299 Å². The van der Waals surface area contributed by atoms with Gasteiger partial charge in [0, 0.05) is 21.5 Å². The Morgan fingerprint density at radius 3 is 1.06 bits per heavy atom. The molecular formula is C46H46O2Si2. The molecule has 0 N–H and O–H groups in total. The summed E-state index contributed by atoms with van der Waals surface area (Å²) in [6.45, 7) is 11.4. The summed E-state index contributed by atoms with van der Waals surface area (Å²) in [6, 6.07) is 61.0. The second-order valence-electron chi connectivity index (χ2n) is 14.2. The lowest BCUT2D eigenvalue weighted by atomic mass is 9.85. The molecule has 2 nitrogen and oxygen atoms in total. The third-order valence-corrected chi connectivity index (χ3v) is 18.5. The maximum atomic E-state index is 7.79. The van der Waals surface area contributed by atoms with Crippen molar-refractivity contribution in [2.24, 2.45) is 0 Å². The summed E-state index contributed by atoms with van der Waals surface area (Å²) in [5.74, 6) is 1.88. The van der Waals surface area contributed by atoms with Crippen LogP contribution in [0.25, 0.3) is 21.5 Å². The third kappa shape index (κ3) is 5.97. The van der Waals surface area contributed by atoms with Crippen LogP contribution in [-0.4, -0.2) is 16.6 Å². The van der Waals surface area contributed by atoms with Crippen LogP contribution in [0.4, 0.5) is 0 Å². The van der Waals surface area contributed by atoms with Crippen molar-refractivity contribution >= 4 is 58.9 Å². The van der Waals surface area contributed by atoms with E-state index in [-0.39, 0.29) is 5.41 Å². The number of benzene rings is 7. The minimum atomic E-state index is -2.77. The molecule has 7 rings (SSSR count). The van der Waals surface area contributed by atoms with Crippen molar-refractivity contribution in [2.45, 2.75) is 52.1 Å². The Morgan fingerprint density at radius 1 is 0.400 bits per heavy atom. The smallest absolute Gasteiger partial charge is 0.314 e. The van der Waals surface area contributed by atoms with Crippen LogP contribution in [0.15, 0.2) is 164 Å². The van der Waals surface area contributed by atoms with Crippen molar-refractivity contribution in [1.29, 1.82) is 0 Å². The van der Waals surface area contributed by atoms with Gasteiger partial charge in [-0.15, -0.1) is 0 Å². The molecule has 0 saturated carbocycles. The lowest BCUT2D eigenvalue weighted by Crippen LogP contribution is -2.63. The van der Waals surface area contributed by atoms with Gasteiger partial charge in [0.2, 0.25) is 0 Å². The van der Waals surface area contributed by atoms with Crippen molar-refractivity contribution in [1.82, 2.24) is 0 Å². The monoisotopic (exact) mass is 686 g/mol. The maximum absolute atomic E-state index is 7.79. The van der Waals surface area contributed by atoms with E-state index in [0.717, 1.165) is 45.1 Å².